The van der Waals surface area contributed by atoms with Crippen molar-refractivity contribution in [3.8, 4) is 11.4 Å². The van der Waals surface area contributed by atoms with Gasteiger partial charge in [-0.1, -0.05) is 65.8 Å². The Kier molecular flexibility index (Phi) is 4.99. The highest BCUT2D eigenvalue weighted by Crippen LogP contribution is 2.39. The van der Waals surface area contributed by atoms with Gasteiger partial charge in [-0.3, -0.25) is 4.90 Å². The van der Waals surface area contributed by atoms with Gasteiger partial charge in [0.15, 0.2) is 0 Å². The highest BCUT2D eigenvalue weighted by atomic mass is 19.1. The number of carbonyl (C=O) groups is 1. The average Bonchev–Trinajstić information content (AvgIpc) is 3.31. The molecular formula is C25H19FN4O2. The summed E-state index contributed by atoms with van der Waals surface area (Å²) >= 11 is 0. The second-order valence-electron chi connectivity index (χ2n) is 7.39. The Hall–Kier alpha value is -4.26. The normalized spacial score (nSPS) is 16.2. The van der Waals surface area contributed by atoms with Crippen LogP contribution in [0.4, 0.5) is 14.9 Å². The summed E-state index contributed by atoms with van der Waals surface area (Å²) in [5, 5.41) is 7.18. The predicted molar refractivity (Wildman–Crippen MR) is 119 cm³/mol. The highest BCUT2D eigenvalue weighted by molar-refractivity contribution is 6.01. The van der Waals surface area contributed by atoms with Gasteiger partial charge in [-0.2, -0.15) is 4.98 Å². The number of carbonyl (C=O) groups excluding carboxylic acids is 1. The Morgan fingerprint density at radius 2 is 1.59 bits per heavy atom. The maximum atomic E-state index is 13.5. The van der Waals surface area contributed by atoms with Crippen LogP contribution in [0.1, 0.15) is 24.4 Å². The summed E-state index contributed by atoms with van der Waals surface area (Å²) in [5.74, 6) is 0.389. The predicted octanol–water partition coefficient (Wildman–Crippen LogP) is 5.58. The van der Waals surface area contributed by atoms with Crippen LogP contribution >= 0.6 is 0 Å². The van der Waals surface area contributed by atoms with Gasteiger partial charge in [0.05, 0.1) is 17.3 Å². The van der Waals surface area contributed by atoms with E-state index in [1.54, 1.807) is 12.1 Å². The van der Waals surface area contributed by atoms with E-state index in [-0.39, 0.29) is 11.8 Å². The maximum absolute atomic E-state index is 13.5. The van der Waals surface area contributed by atoms with Gasteiger partial charge in [0, 0.05) is 11.3 Å². The van der Waals surface area contributed by atoms with Crippen LogP contribution in [0.3, 0.4) is 0 Å². The number of benzene rings is 3. The molecule has 3 aromatic carbocycles. The zero-order valence-electron chi connectivity index (χ0n) is 17.2. The van der Waals surface area contributed by atoms with Gasteiger partial charge in [0.25, 0.3) is 5.89 Å². The van der Waals surface area contributed by atoms with Crippen molar-refractivity contribution >= 4 is 17.3 Å². The second-order valence-corrected chi connectivity index (χ2v) is 7.39. The first-order valence-corrected chi connectivity index (χ1v) is 10.1. The first-order chi connectivity index (χ1) is 15.6. The van der Waals surface area contributed by atoms with Crippen molar-refractivity contribution in [2.24, 2.45) is 0 Å². The number of hydrogen-bond acceptors (Lipinski definition) is 4. The lowest BCUT2D eigenvalue weighted by molar-refractivity contribution is 0.244. The minimum Gasteiger partial charge on any atom is -0.334 e. The van der Waals surface area contributed by atoms with Gasteiger partial charge in [0.2, 0.25) is 5.82 Å². The smallest absolute Gasteiger partial charge is 0.326 e. The first-order valence-electron chi connectivity index (χ1n) is 10.1. The first kappa shape index (κ1) is 19.7. The van der Waals surface area contributed by atoms with E-state index in [9.17, 15) is 9.18 Å². The summed E-state index contributed by atoms with van der Waals surface area (Å²) in [5.41, 5.74) is 3.54. The van der Waals surface area contributed by atoms with Crippen molar-refractivity contribution < 1.29 is 13.7 Å². The number of anilines is 1. The molecule has 158 valence electrons. The third kappa shape index (κ3) is 3.54. The fourth-order valence-electron chi connectivity index (χ4n) is 3.85. The van der Waals surface area contributed by atoms with Gasteiger partial charge in [-0.25, -0.2) is 9.18 Å². The molecule has 2 heterocycles. The molecule has 1 N–H and O–H groups in total. The van der Waals surface area contributed by atoms with E-state index in [1.807, 2.05) is 67.6 Å². The Balaban J connectivity index is 1.65. The second kappa shape index (κ2) is 8.11. The molecule has 0 saturated carbocycles. The van der Waals surface area contributed by atoms with Crippen molar-refractivity contribution in [1.82, 2.24) is 15.5 Å². The monoisotopic (exact) mass is 426 g/mol. The Labute approximate surface area is 184 Å². The molecule has 1 unspecified atom stereocenters. The van der Waals surface area contributed by atoms with Crippen LogP contribution in [0.15, 0.2) is 95.1 Å². The van der Waals surface area contributed by atoms with E-state index in [4.69, 9.17) is 4.52 Å². The van der Waals surface area contributed by atoms with Crippen molar-refractivity contribution in [2.75, 3.05) is 4.90 Å². The number of aromatic nitrogens is 2. The van der Waals surface area contributed by atoms with E-state index in [0.29, 0.717) is 28.7 Å². The van der Waals surface area contributed by atoms with E-state index in [0.717, 1.165) is 11.1 Å². The van der Waals surface area contributed by atoms with Gasteiger partial charge < -0.3 is 9.84 Å². The zero-order valence-corrected chi connectivity index (χ0v) is 17.2. The topological polar surface area (TPSA) is 71.3 Å². The van der Waals surface area contributed by atoms with Crippen LogP contribution in [0, 0.1) is 5.82 Å². The summed E-state index contributed by atoms with van der Waals surface area (Å²) in [6.45, 7) is 1.82. The lowest BCUT2D eigenvalue weighted by atomic mass is 9.94. The van der Waals surface area contributed by atoms with Crippen LogP contribution in [0.25, 0.3) is 17.0 Å². The van der Waals surface area contributed by atoms with Crippen LogP contribution in [0.2, 0.25) is 0 Å². The molecule has 1 atom stereocenters. The van der Waals surface area contributed by atoms with Crippen LogP contribution in [0.5, 0.6) is 0 Å². The number of nitrogens with zero attached hydrogens (tertiary/aromatic N) is 3. The average molecular weight is 426 g/mol. The van der Waals surface area contributed by atoms with Crippen molar-refractivity contribution in [3.63, 3.8) is 0 Å². The summed E-state index contributed by atoms with van der Waals surface area (Å²) in [4.78, 5) is 19.2. The third-order valence-corrected chi connectivity index (χ3v) is 5.39. The highest BCUT2D eigenvalue weighted by Gasteiger charge is 2.36. The van der Waals surface area contributed by atoms with Crippen molar-refractivity contribution in [1.29, 1.82) is 0 Å². The van der Waals surface area contributed by atoms with Crippen LogP contribution in [-0.4, -0.2) is 16.2 Å². The Morgan fingerprint density at radius 3 is 2.28 bits per heavy atom. The summed E-state index contributed by atoms with van der Waals surface area (Å²) < 4.78 is 19.1. The van der Waals surface area contributed by atoms with E-state index >= 15 is 0 Å². The molecule has 0 aliphatic carbocycles. The SMILES string of the molecule is CC1=C(c2nc(-c3ccccc3)no2)C(c2ccccc2)NC(=O)N1c1ccc(F)cc1. The summed E-state index contributed by atoms with van der Waals surface area (Å²) in [7, 11) is 0. The Morgan fingerprint density at radius 1 is 0.938 bits per heavy atom. The molecule has 6 nitrogen and oxygen atoms in total. The van der Waals surface area contributed by atoms with Crippen molar-refractivity contribution in [2.45, 2.75) is 13.0 Å². The number of halogens is 1. The fraction of sp³-hybridized carbons (Fsp3) is 0.0800. The summed E-state index contributed by atoms with van der Waals surface area (Å²) in [6, 6.07) is 24.1. The van der Waals surface area contributed by atoms with Gasteiger partial charge in [0.1, 0.15) is 5.82 Å². The maximum Gasteiger partial charge on any atom is 0.326 e. The molecule has 0 fully saturated rings. The molecule has 5 rings (SSSR count). The number of hydrogen-bond donors (Lipinski definition) is 1. The standard InChI is InChI=1S/C25H19FN4O2/c1-16-21(24-28-23(29-32-24)18-10-6-3-7-11-18)22(17-8-4-2-5-9-17)27-25(31)30(16)20-14-12-19(26)13-15-20/h2-15,22H,1H3,(H,27,31). The van der Waals surface area contributed by atoms with Crippen LogP contribution < -0.4 is 10.2 Å². The van der Waals surface area contributed by atoms with E-state index < -0.39 is 6.04 Å². The lowest BCUT2D eigenvalue weighted by Crippen LogP contribution is -2.46. The molecule has 0 spiro atoms. The van der Waals surface area contributed by atoms with E-state index in [1.165, 1.54) is 17.0 Å². The molecule has 0 saturated heterocycles. The number of allylic oxidation sites excluding steroid dienone is 1. The minimum atomic E-state index is -0.482. The largest absolute Gasteiger partial charge is 0.334 e. The molecule has 7 heteroatoms. The zero-order chi connectivity index (χ0) is 22.1. The molecule has 1 aliphatic rings. The third-order valence-electron chi connectivity index (χ3n) is 5.39. The lowest BCUT2D eigenvalue weighted by Gasteiger charge is -2.35. The molecule has 1 aliphatic heterocycles. The number of rotatable bonds is 4. The number of nitrogens with one attached hydrogen (secondary N) is 1. The molecule has 32 heavy (non-hydrogen) atoms. The molecule has 0 bridgehead atoms. The molecule has 4 aromatic rings. The summed E-state index contributed by atoms with van der Waals surface area (Å²) in [6.07, 6.45) is 0. The minimum absolute atomic E-state index is 0.308. The van der Waals surface area contributed by atoms with Gasteiger partial charge in [-0.15, -0.1) is 0 Å². The fourth-order valence-corrected chi connectivity index (χ4v) is 3.85. The molecular weight excluding hydrogens is 407 g/mol. The van der Waals surface area contributed by atoms with Crippen LogP contribution in [-0.2, 0) is 0 Å². The van der Waals surface area contributed by atoms with Gasteiger partial charge in [-0.05, 0) is 36.8 Å². The van der Waals surface area contributed by atoms with E-state index in [2.05, 4.69) is 15.5 Å². The van der Waals surface area contributed by atoms with Gasteiger partial charge >= 0.3 is 6.03 Å². The molecule has 1 aromatic heterocycles. The number of amides is 2. The number of urea groups is 1. The molecule has 0 radical (unpaired) electrons. The van der Waals surface area contributed by atoms with Crippen molar-refractivity contribution in [3.05, 3.63) is 108 Å². The quantitative estimate of drug-likeness (QED) is 0.463. The molecule has 2 amide bonds. The Bertz CT molecular complexity index is 1280.